The molecule has 4 aliphatic rings. The lowest BCUT2D eigenvalue weighted by Gasteiger charge is -2.59. The fourth-order valence-corrected chi connectivity index (χ4v) is 9.93. The van der Waals surface area contributed by atoms with E-state index < -0.39 is 35.1 Å². The number of rotatable bonds is 24. The second-order valence-electron chi connectivity index (χ2n) is 17.2. The normalized spacial score (nSPS) is 24.7. The van der Waals surface area contributed by atoms with Crippen molar-refractivity contribution in [3.8, 4) is 17.2 Å². The number of benzene rings is 3. The number of aliphatic hydroxyl groups excluding tert-OH is 3. The van der Waals surface area contributed by atoms with Crippen LogP contribution in [0, 0.1) is 33.7 Å². The van der Waals surface area contributed by atoms with E-state index in [1.54, 1.807) is 36.4 Å². The van der Waals surface area contributed by atoms with Crippen molar-refractivity contribution >= 4 is 17.5 Å². The minimum Gasteiger partial charge on any atom is -0.489 e. The van der Waals surface area contributed by atoms with E-state index in [0.29, 0.717) is 61.5 Å². The fourth-order valence-electron chi connectivity index (χ4n) is 9.93. The Labute approximate surface area is 390 Å². The standard InChI is InChI=1S/C50H62FN3O13/c1-2-26-64-50-45(53(22-28-61-29-25-57)49(58)65-37-18-16-36(17-19-37)54(59)60)32-43(52-67-46-15-7-10-27-62-46)40-30-34(11-5-8-23-55)39(13-6-9-24-56)47(48(40)50)41-31-38(20-21-44(41)66-50)63-33-35-12-3-4-14-42(35)51/h2-4,12,14,16-21,30-31,34,39,45-48,55-57H,1,5-11,13,15,22-29,32-33H2. The molecule has 67 heavy (non-hydrogen) atoms. The number of fused-ring (bicyclic) bond motifs is 2. The van der Waals surface area contributed by atoms with E-state index in [0.717, 1.165) is 36.8 Å². The number of amides is 1. The van der Waals surface area contributed by atoms with Crippen LogP contribution in [0.25, 0.3) is 0 Å². The lowest BCUT2D eigenvalue weighted by Crippen LogP contribution is -2.70. The smallest absolute Gasteiger partial charge is 0.415 e. The van der Waals surface area contributed by atoms with Crippen LogP contribution < -0.4 is 14.2 Å². The molecule has 3 aromatic rings. The monoisotopic (exact) mass is 931 g/mol. The number of hydrogen-bond donors (Lipinski definition) is 3. The van der Waals surface area contributed by atoms with Gasteiger partial charge in [0.2, 0.25) is 12.1 Å². The molecule has 2 fully saturated rings. The molecule has 0 aromatic heterocycles. The van der Waals surface area contributed by atoms with Crippen molar-refractivity contribution in [1.82, 2.24) is 4.90 Å². The Morgan fingerprint density at radius 3 is 2.48 bits per heavy atom. The maximum absolute atomic E-state index is 14.8. The molecule has 1 saturated heterocycles. The predicted octanol–water partition coefficient (Wildman–Crippen LogP) is 7.98. The molecular weight excluding hydrogens is 870 g/mol. The first-order valence-electron chi connectivity index (χ1n) is 23.3. The summed E-state index contributed by atoms with van der Waals surface area (Å²) in [4.78, 5) is 33.5. The number of carbonyl (C=O) groups is 1. The lowest BCUT2D eigenvalue weighted by molar-refractivity contribution is -0.384. The summed E-state index contributed by atoms with van der Waals surface area (Å²) in [7, 11) is 0. The molecule has 1 saturated carbocycles. The highest BCUT2D eigenvalue weighted by molar-refractivity contribution is 6.03. The summed E-state index contributed by atoms with van der Waals surface area (Å²) in [5.41, 5.74) is 2.36. The van der Waals surface area contributed by atoms with Crippen molar-refractivity contribution in [3.63, 3.8) is 0 Å². The number of aliphatic hydroxyl groups is 3. The molecule has 362 valence electrons. The minimum atomic E-state index is -1.65. The fraction of sp³-hybridized carbons (Fsp3) is 0.520. The largest absolute Gasteiger partial charge is 0.489 e. The van der Waals surface area contributed by atoms with Crippen molar-refractivity contribution in [1.29, 1.82) is 0 Å². The van der Waals surface area contributed by atoms with Gasteiger partial charge in [-0.2, -0.15) is 0 Å². The number of oxime groups is 1. The Morgan fingerprint density at radius 2 is 1.76 bits per heavy atom. The van der Waals surface area contributed by atoms with Gasteiger partial charge >= 0.3 is 6.09 Å². The predicted molar refractivity (Wildman–Crippen MR) is 244 cm³/mol. The third kappa shape index (κ3) is 11.8. The lowest BCUT2D eigenvalue weighted by atomic mass is 9.55. The molecule has 7 unspecified atom stereocenters. The SMILES string of the molecule is C=CCOC12Oc3ccc(OCc4ccccc4F)cc3C3C(CCCCO)C(CCCCO)C=C(C(=NOC4CCCCO4)CC1N(CCOCCO)C(=O)Oc1ccc([N+](=O)[O-])cc1)C32. The minimum absolute atomic E-state index is 0.00587. The van der Waals surface area contributed by atoms with Gasteiger partial charge in [0, 0.05) is 61.8 Å². The summed E-state index contributed by atoms with van der Waals surface area (Å²) in [6, 6.07) is 16.1. The van der Waals surface area contributed by atoms with Crippen molar-refractivity contribution in [2.75, 3.05) is 52.8 Å². The van der Waals surface area contributed by atoms with E-state index in [4.69, 9.17) is 38.4 Å². The van der Waals surface area contributed by atoms with Crippen LogP contribution in [0.3, 0.4) is 0 Å². The van der Waals surface area contributed by atoms with Gasteiger partial charge in [0.05, 0.1) is 49.6 Å². The summed E-state index contributed by atoms with van der Waals surface area (Å²) < 4.78 is 53.1. The van der Waals surface area contributed by atoms with Crippen LogP contribution >= 0.6 is 0 Å². The van der Waals surface area contributed by atoms with Crippen molar-refractivity contribution in [2.45, 2.75) is 94.9 Å². The molecule has 7 atom stereocenters. The van der Waals surface area contributed by atoms with Gasteiger partial charge in [-0.1, -0.05) is 48.3 Å². The quantitative estimate of drug-likeness (QED) is 0.0338. The second kappa shape index (κ2) is 24.0. The van der Waals surface area contributed by atoms with Gasteiger partial charge in [-0.05, 0) is 92.3 Å². The molecule has 1 amide bonds. The Balaban J connectivity index is 1.41. The second-order valence-corrected chi connectivity index (χ2v) is 17.2. The topological polar surface area (TPSA) is 201 Å². The Kier molecular flexibility index (Phi) is 17.7. The van der Waals surface area contributed by atoms with Crippen molar-refractivity contribution in [2.24, 2.45) is 22.9 Å². The molecule has 7 rings (SSSR count). The van der Waals surface area contributed by atoms with E-state index in [-0.39, 0.29) is 94.2 Å². The zero-order valence-corrected chi connectivity index (χ0v) is 37.8. The van der Waals surface area contributed by atoms with Crippen molar-refractivity contribution in [3.05, 3.63) is 118 Å². The zero-order chi connectivity index (χ0) is 47.2. The third-order valence-corrected chi connectivity index (χ3v) is 13.0. The molecule has 16 nitrogen and oxygen atoms in total. The van der Waals surface area contributed by atoms with E-state index >= 15 is 0 Å². The molecule has 0 radical (unpaired) electrons. The Bertz CT molecular complexity index is 2180. The molecule has 2 aliphatic carbocycles. The molecule has 0 bridgehead atoms. The zero-order valence-electron chi connectivity index (χ0n) is 37.8. The highest BCUT2D eigenvalue weighted by Crippen LogP contribution is 2.62. The van der Waals surface area contributed by atoms with Gasteiger partial charge in [0.25, 0.3) is 5.69 Å². The number of hydrogen-bond acceptors (Lipinski definition) is 14. The van der Waals surface area contributed by atoms with Crippen LogP contribution in [0.15, 0.2) is 96.2 Å². The highest BCUT2D eigenvalue weighted by atomic mass is 19.1. The van der Waals surface area contributed by atoms with Crippen molar-refractivity contribution < 1.29 is 62.7 Å². The highest BCUT2D eigenvalue weighted by Gasteiger charge is 2.65. The first-order chi connectivity index (χ1) is 32.7. The first-order valence-corrected chi connectivity index (χ1v) is 23.3. The number of ether oxygens (including phenoxy) is 6. The van der Waals surface area contributed by atoms with E-state index in [9.17, 15) is 34.6 Å². The maximum Gasteiger partial charge on any atom is 0.415 e. The molecule has 3 aromatic carbocycles. The first kappa shape index (κ1) is 49.5. The van der Waals surface area contributed by atoms with Gasteiger partial charge in [0.15, 0.2) is 0 Å². The molecule has 17 heteroatoms. The maximum atomic E-state index is 14.8. The molecule has 2 heterocycles. The Hall–Kier alpha value is -5.43. The molecule has 2 aliphatic heterocycles. The number of halogens is 1. The number of nitrogens with zero attached hydrogens (tertiary/aromatic N) is 3. The average molecular weight is 932 g/mol. The number of nitro benzene ring substituents is 1. The van der Waals surface area contributed by atoms with Gasteiger partial charge in [0.1, 0.15) is 35.7 Å². The van der Waals surface area contributed by atoms with E-state index in [1.165, 1.54) is 35.2 Å². The number of nitro groups is 1. The summed E-state index contributed by atoms with van der Waals surface area (Å²) in [6.45, 7) is 4.23. The average Bonchev–Trinajstić information content (AvgIpc) is 3.34. The van der Waals surface area contributed by atoms with Crippen LogP contribution in [0.2, 0.25) is 0 Å². The van der Waals surface area contributed by atoms with Gasteiger partial charge in [-0.25, -0.2) is 9.18 Å². The number of allylic oxidation sites excluding steroid dienone is 1. The number of non-ortho nitro benzene ring substituents is 1. The number of carbonyl (C=O) groups excluding carboxylic acids is 1. The van der Waals surface area contributed by atoms with E-state index in [1.807, 2.05) is 6.07 Å². The van der Waals surface area contributed by atoms with Crippen LogP contribution in [0.4, 0.5) is 14.9 Å². The van der Waals surface area contributed by atoms with Crippen LogP contribution in [0.5, 0.6) is 17.2 Å². The van der Waals surface area contributed by atoms with Gasteiger partial charge in [-0.3, -0.25) is 15.0 Å². The van der Waals surface area contributed by atoms with Crippen LogP contribution in [0.1, 0.15) is 81.3 Å². The summed E-state index contributed by atoms with van der Waals surface area (Å²) in [6.07, 6.45) is 8.94. The van der Waals surface area contributed by atoms with Crippen LogP contribution in [-0.4, -0.2) is 108 Å². The van der Waals surface area contributed by atoms with E-state index in [2.05, 4.69) is 12.7 Å². The molecule has 3 N–H and O–H groups in total. The van der Waals surface area contributed by atoms with Gasteiger partial charge < -0.3 is 48.6 Å². The summed E-state index contributed by atoms with van der Waals surface area (Å²) in [5, 5.41) is 45.9. The summed E-state index contributed by atoms with van der Waals surface area (Å²) >= 11 is 0. The Morgan fingerprint density at radius 1 is 0.985 bits per heavy atom. The van der Waals surface area contributed by atoms with Gasteiger partial charge in [-0.15, -0.1) is 6.58 Å². The van der Waals surface area contributed by atoms with Crippen LogP contribution in [-0.2, 0) is 25.7 Å². The summed E-state index contributed by atoms with van der Waals surface area (Å²) in [5.74, 6) is -2.21. The molecule has 0 spiro atoms. The third-order valence-electron chi connectivity index (χ3n) is 13.0. The number of unbranched alkanes of at least 4 members (excludes halogenated alkanes) is 2. The molecular formula is C50H62FN3O13.